The second-order valence-corrected chi connectivity index (χ2v) is 7.28. The molecule has 0 bridgehead atoms. The molecule has 2 aromatic carbocycles. The summed E-state index contributed by atoms with van der Waals surface area (Å²) in [4.78, 5) is 14.2. The SMILES string of the molecule is Cc1cc([O-])c(C[NH+]2CCOCC2)c2c1C(=O)C(=Cc1ccccc1Cl)O2. The van der Waals surface area contributed by atoms with Crippen LogP contribution in [0.25, 0.3) is 6.08 Å². The van der Waals surface area contributed by atoms with Gasteiger partial charge in [-0.3, -0.25) is 4.79 Å². The number of aryl methyl sites for hydroxylation is 1. The van der Waals surface area contributed by atoms with Crippen LogP contribution in [-0.2, 0) is 11.3 Å². The number of ketones is 1. The van der Waals surface area contributed by atoms with E-state index in [0.717, 1.165) is 13.1 Å². The Labute approximate surface area is 162 Å². The molecular formula is C21H20ClNO4. The molecule has 2 aliphatic rings. The number of quaternary nitrogens is 1. The molecule has 0 spiro atoms. The van der Waals surface area contributed by atoms with Gasteiger partial charge in [-0.1, -0.05) is 41.6 Å². The lowest BCUT2D eigenvalue weighted by Crippen LogP contribution is -3.12. The highest BCUT2D eigenvalue weighted by Crippen LogP contribution is 2.40. The quantitative estimate of drug-likeness (QED) is 0.818. The summed E-state index contributed by atoms with van der Waals surface area (Å²) in [6, 6.07) is 8.79. The number of hydrogen-bond donors (Lipinski definition) is 1. The van der Waals surface area contributed by atoms with Crippen molar-refractivity contribution in [3.63, 3.8) is 0 Å². The summed E-state index contributed by atoms with van der Waals surface area (Å²) in [5.41, 5.74) is 2.39. The zero-order valence-electron chi connectivity index (χ0n) is 15.0. The standard InChI is InChI=1S/C21H20ClNO4/c1-13-10-17(24)15(12-23-6-8-26-9-7-23)21-19(13)20(25)18(27-21)11-14-4-2-3-5-16(14)22/h2-5,10-11,24H,6-9,12H2,1H3. The van der Waals surface area contributed by atoms with Gasteiger partial charge in [-0.15, -0.1) is 0 Å². The van der Waals surface area contributed by atoms with Gasteiger partial charge in [-0.2, -0.15) is 0 Å². The topological polar surface area (TPSA) is 63.0 Å². The maximum absolute atomic E-state index is 12.9. The molecule has 2 aliphatic heterocycles. The summed E-state index contributed by atoms with van der Waals surface area (Å²) in [6.45, 7) is 5.31. The van der Waals surface area contributed by atoms with Crippen LogP contribution in [0.5, 0.6) is 11.5 Å². The van der Waals surface area contributed by atoms with Crippen LogP contribution in [0.4, 0.5) is 0 Å². The third-order valence-electron chi connectivity index (χ3n) is 5.02. The number of rotatable bonds is 3. The summed E-state index contributed by atoms with van der Waals surface area (Å²) in [7, 11) is 0. The van der Waals surface area contributed by atoms with Gasteiger partial charge >= 0.3 is 0 Å². The number of ether oxygens (including phenoxy) is 2. The first-order valence-electron chi connectivity index (χ1n) is 8.98. The molecule has 0 radical (unpaired) electrons. The molecule has 0 atom stereocenters. The number of carbonyl (C=O) groups is 1. The molecule has 4 rings (SSSR count). The number of nitrogens with one attached hydrogen (secondary N) is 1. The fourth-order valence-electron chi connectivity index (χ4n) is 3.55. The van der Waals surface area contributed by atoms with E-state index in [1.165, 1.54) is 11.0 Å². The normalized spacial score (nSPS) is 18.6. The van der Waals surface area contributed by atoms with Crippen LogP contribution in [0, 0.1) is 6.92 Å². The molecule has 0 unspecified atom stereocenters. The van der Waals surface area contributed by atoms with Crippen molar-refractivity contribution in [2.75, 3.05) is 26.3 Å². The van der Waals surface area contributed by atoms with Crippen molar-refractivity contribution in [3.05, 3.63) is 63.4 Å². The summed E-state index contributed by atoms with van der Waals surface area (Å²) in [6.07, 6.45) is 1.64. The van der Waals surface area contributed by atoms with Gasteiger partial charge in [0.25, 0.3) is 0 Å². The largest absolute Gasteiger partial charge is 0.872 e. The molecule has 1 saturated heterocycles. The molecule has 2 heterocycles. The van der Waals surface area contributed by atoms with Gasteiger partial charge in [0.2, 0.25) is 5.78 Å². The van der Waals surface area contributed by atoms with Gasteiger partial charge in [0.15, 0.2) is 5.76 Å². The van der Waals surface area contributed by atoms with Gasteiger partial charge in [-0.05, 0) is 30.2 Å². The van der Waals surface area contributed by atoms with Crippen LogP contribution in [-0.4, -0.2) is 32.1 Å². The minimum atomic E-state index is -0.208. The second kappa shape index (κ2) is 7.35. The fourth-order valence-corrected chi connectivity index (χ4v) is 3.75. The van der Waals surface area contributed by atoms with Crippen LogP contribution in [0.1, 0.15) is 27.0 Å². The third kappa shape index (κ3) is 3.46. The monoisotopic (exact) mass is 385 g/mol. The van der Waals surface area contributed by atoms with Crippen LogP contribution in [0.3, 0.4) is 0 Å². The van der Waals surface area contributed by atoms with Crippen LogP contribution in [0.15, 0.2) is 36.1 Å². The molecule has 1 fully saturated rings. The lowest BCUT2D eigenvalue weighted by Gasteiger charge is -2.26. The van der Waals surface area contributed by atoms with E-state index in [1.807, 2.05) is 18.2 Å². The highest BCUT2D eigenvalue weighted by Gasteiger charge is 2.33. The number of morpholine rings is 1. The summed E-state index contributed by atoms with van der Waals surface area (Å²) in [5, 5.41) is 13.2. The van der Waals surface area contributed by atoms with E-state index in [0.29, 0.717) is 52.8 Å². The van der Waals surface area contributed by atoms with Crippen molar-refractivity contribution in [1.82, 2.24) is 0 Å². The van der Waals surface area contributed by atoms with Gasteiger partial charge in [0.1, 0.15) is 25.4 Å². The minimum absolute atomic E-state index is 0.0861. The van der Waals surface area contributed by atoms with Crippen molar-refractivity contribution in [2.24, 2.45) is 0 Å². The average Bonchev–Trinajstić information content (AvgIpc) is 2.98. The fraction of sp³-hybridized carbons (Fsp3) is 0.286. The predicted octanol–water partition coefficient (Wildman–Crippen LogP) is 1.75. The molecule has 0 aliphatic carbocycles. The summed E-state index contributed by atoms with van der Waals surface area (Å²) >= 11 is 6.20. The van der Waals surface area contributed by atoms with Gasteiger partial charge < -0.3 is 19.5 Å². The Kier molecular flexibility index (Phi) is 4.91. The van der Waals surface area contributed by atoms with E-state index in [9.17, 15) is 9.90 Å². The zero-order valence-corrected chi connectivity index (χ0v) is 15.8. The van der Waals surface area contributed by atoms with E-state index in [1.54, 1.807) is 19.1 Å². The zero-order chi connectivity index (χ0) is 19.0. The first-order valence-corrected chi connectivity index (χ1v) is 9.36. The van der Waals surface area contributed by atoms with Crippen molar-refractivity contribution in [1.29, 1.82) is 0 Å². The lowest BCUT2D eigenvalue weighted by atomic mass is 9.99. The maximum atomic E-state index is 12.9. The Bertz CT molecular complexity index is 932. The lowest BCUT2D eigenvalue weighted by molar-refractivity contribution is -0.921. The molecule has 6 heteroatoms. The summed E-state index contributed by atoms with van der Waals surface area (Å²) in [5.74, 6) is 0.310. The van der Waals surface area contributed by atoms with E-state index in [2.05, 4.69) is 0 Å². The van der Waals surface area contributed by atoms with Crippen molar-refractivity contribution in [3.8, 4) is 11.5 Å². The number of allylic oxidation sites excluding steroid dienone is 1. The van der Waals surface area contributed by atoms with E-state index < -0.39 is 0 Å². The molecule has 0 aromatic heterocycles. The Balaban J connectivity index is 1.72. The van der Waals surface area contributed by atoms with Crippen molar-refractivity contribution < 1.29 is 24.3 Å². The smallest absolute Gasteiger partial charge is 0.232 e. The first kappa shape index (κ1) is 18.0. The van der Waals surface area contributed by atoms with Crippen molar-refractivity contribution >= 4 is 23.5 Å². The van der Waals surface area contributed by atoms with Crippen LogP contribution < -0.4 is 14.7 Å². The van der Waals surface area contributed by atoms with Crippen LogP contribution in [0.2, 0.25) is 5.02 Å². The number of halogens is 1. The number of carbonyl (C=O) groups excluding carboxylic acids is 1. The van der Waals surface area contributed by atoms with E-state index >= 15 is 0 Å². The van der Waals surface area contributed by atoms with Gasteiger partial charge in [-0.25, -0.2) is 0 Å². The minimum Gasteiger partial charge on any atom is -0.872 e. The Morgan fingerprint density at radius 3 is 2.74 bits per heavy atom. The maximum Gasteiger partial charge on any atom is 0.232 e. The molecule has 27 heavy (non-hydrogen) atoms. The first-order chi connectivity index (χ1) is 13.0. The van der Waals surface area contributed by atoms with Gasteiger partial charge in [0.05, 0.1) is 18.8 Å². The molecule has 140 valence electrons. The second-order valence-electron chi connectivity index (χ2n) is 6.87. The Morgan fingerprint density at radius 1 is 1.26 bits per heavy atom. The third-order valence-corrected chi connectivity index (χ3v) is 5.37. The molecular weight excluding hydrogens is 366 g/mol. The number of fused-ring (bicyclic) bond motifs is 1. The Morgan fingerprint density at radius 2 is 2.00 bits per heavy atom. The highest BCUT2D eigenvalue weighted by atomic mass is 35.5. The highest BCUT2D eigenvalue weighted by molar-refractivity contribution is 6.32. The summed E-state index contributed by atoms with van der Waals surface area (Å²) < 4.78 is 11.3. The molecule has 0 saturated carbocycles. The molecule has 1 N–H and O–H groups in total. The van der Waals surface area contributed by atoms with Gasteiger partial charge in [0, 0.05) is 10.6 Å². The number of benzene rings is 2. The average molecular weight is 386 g/mol. The molecule has 5 nitrogen and oxygen atoms in total. The van der Waals surface area contributed by atoms with E-state index in [4.69, 9.17) is 21.1 Å². The Hall–Kier alpha value is -2.34. The molecule has 2 aromatic rings. The predicted molar refractivity (Wildman–Crippen MR) is 100 cm³/mol. The van der Waals surface area contributed by atoms with Crippen molar-refractivity contribution in [2.45, 2.75) is 13.5 Å². The van der Waals surface area contributed by atoms with E-state index in [-0.39, 0.29) is 17.3 Å². The van der Waals surface area contributed by atoms with Crippen LogP contribution >= 0.6 is 11.6 Å². The molecule has 0 amide bonds. The number of Topliss-reactive ketones (excluding diaryl/α,β-unsaturated/α-hetero) is 1. The number of hydrogen-bond acceptors (Lipinski definition) is 4.